The molecule has 39 heavy (non-hydrogen) atoms. The maximum absolute atomic E-state index is 13.5. The first kappa shape index (κ1) is 30.9. The van der Waals surface area contributed by atoms with Gasteiger partial charge < -0.3 is 23.7 Å². The predicted molar refractivity (Wildman–Crippen MR) is 154 cm³/mol. The Bertz CT molecular complexity index is 1060. The largest absolute Gasteiger partial charge is 0.457 e. The molecule has 3 aliphatic heterocycles. The Labute approximate surface area is 234 Å². The minimum absolute atomic E-state index is 0.0184. The molecule has 3 heterocycles. The molecule has 0 bridgehead atoms. The number of esters is 1. The second-order valence-electron chi connectivity index (χ2n) is 12.3. The van der Waals surface area contributed by atoms with Crippen molar-refractivity contribution in [2.45, 2.75) is 96.6 Å². The summed E-state index contributed by atoms with van der Waals surface area (Å²) in [5.41, 5.74) is 1.95. The van der Waals surface area contributed by atoms with Crippen LogP contribution in [0.1, 0.15) is 60.3 Å². The molecule has 2 saturated heterocycles. The normalized spacial score (nSPS) is 24.6. The molecule has 8 nitrogen and oxygen atoms in total. The van der Waals surface area contributed by atoms with Crippen molar-refractivity contribution in [3.8, 4) is 0 Å². The van der Waals surface area contributed by atoms with Crippen molar-refractivity contribution in [1.29, 1.82) is 0 Å². The first-order chi connectivity index (χ1) is 18.2. The molecule has 0 aromatic heterocycles. The fraction of sp³-hybridized carbons (Fsp3) is 0.633. The quantitative estimate of drug-likeness (QED) is 0.147. The maximum Gasteiger partial charge on any atom is 0.410 e. The van der Waals surface area contributed by atoms with Gasteiger partial charge in [0.2, 0.25) is 5.91 Å². The van der Waals surface area contributed by atoms with Gasteiger partial charge in [0.25, 0.3) is 0 Å². The summed E-state index contributed by atoms with van der Waals surface area (Å²) in [6.07, 6.45) is 7.70. The van der Waals surface area contributed by atoms with Gasteiger partial charge >= 0.3 is 12.1 Å². The van der Waals surface area contributed by atoms with Crippen molar-refractivity contribution >= 4 is 26.3 Å². The van der Waals surface area contributed by atoms with Crippen molar-refractivity contribution in [2.24, 2.45) is 5.92 Å². The lowest BCUT2D eigenvalue weighted by Crippen LogP contribution is -2.63. The molecule has 2 amide bonds. The lowest BCUT2D eigenvalue weighted by molar-refractivity contribution is -0.161. The van der Waals surface area contributed by atoms with Gasteiger partial charge in [0.15, 0.2) is 8.32 Å². The number of fused-ring (bicyclic) bond motifs is 1. The molecule has 0 aromatic carbocycles. The van der Waals surface area contributed by atoms with Gasteiger partial charge in [-0.15, -0.1) is 0 Å². The van der Waals surface area contributed by atoms with Crippen LogP contribution in [0.15, 0.2) is 48.2 Å². The number of hydrogen-bond acceptors (Lipinski definition) is 6. The third kappa shape index (κ3) is 6.40. The third-order valence-corrected chi connectivity index (χ3v) is 13.1. The van der Waals surface area contributed by atoms with Gasteiger partial charge in [-0.25, -0.2) is 9.59 Å². The highest BCUT2D eigenvalue weighted by Gasteiger charge is 2.58. The summed E-state index contributed by atoms with van der Waals surface area (Å²) in [5.74, 6) is -0.964. The lowest BCUT2D eigenvalue weighted by atomic mass is 9.82. The van der Waals surface area contributed by atoms with Crippen LogP contribution in [-0.2, 0) is 23.5 Å². The highest BCUT2D eigenvalue weighted by Crippen LogP contribution is 2.48. The first-order valence-electron chi connectivity index (χ1n) is 14.0. The van der Waals surface area contributed by atoms with E-state index in [9.17, 15) is 14.4 Å². The van der Waals surface area contributed by atoms with Crippen LogP contribution in [0, 0.1) is 5.92 Å². The topological polar surface area (TPSA) is 85.4 Å². The van der Waals surface area contributed by atoms with Crippen LogP contribution in [0.3, 0.4) is 0 Å². The number of rotatable bonds is 10. The van der Waals surface area contributed by atoms with Crippen LogP contribution >= 0.6 is 0 Å². The van der Waals surface area contributed by atoms with Crippen molar-refractivity contribution in [1.82, 2.24) is 9.80 Å². The van der Waals surface area contributed by atoms with E-state index in [1.54, 1.807) is 15.9 Å². The number of hydrogen-bond donors (Lipinski definition) is 0. The van der Waals surface area contributed by atoms with Gasteiger partial charge in [0, 0.05) is 6.54 Å². The number of carbonyl (C=O) groups is 3. The zero-order valence-corrected chi connectivity index (χ0v) is 25.7. The fourth-order valence-corrected chi connectivity index (χ4v) is 6.90. The predicted octanol–water partition coefficient (Wildman–Crippen LogP) is 5.73. The minimum atomic E-state index is -2.09. The van der Waals surface area contributed by atoms with Crippen LogP contribution in [0.4, 0.5) is 4.79 Å². The Hall–Kier alpha value is -2.65. The molecule has 4 atom stereocenters. The van der Waals surface area contributed by atoms with E-state index in [2.05, 4.69) is 47.0 Å². The van der Waals surface area contributed by atoms with E-state index < -0.39 is 14.3 Å². The molecule has 216 valence electrons. The summed E-state index contributed by atoms with van der Waals surface area (Å²) in [6, 6.07) is -0.323. The SMILES string of the molecule is C=CCOC(=O)C1=C(C(C)=CC2CCCCN2C(=O)OCC=C)C[C@@H]2[C@@H]([C@@H](C)O[Si](C)(C)C(C)(C)C)C(=O)N12. The van der Waals surface area contributed by atoms with E-state index in [0.717, 1.165) is 30.4 Å². The average molecular weight is 559 g/mol. The van der Waals surface area contributed by atoms with Crippen LogP contribution in [0.5, 0.6) is 0 Å². The maximum atomic E-state index is 13.5. The van der Waals surface area contributed by atoms with E-state index in [4.69, 9.17) is 13.9 Å². The summed E-state index contributed by atoms with van der Waals surface area (Å²) in [4.78, 5) is 42.7. The smallest absolute Gasteiger partial charge is 0.410 e. The zero-order valence-electron chi connectivity index (χ0n) is 24.7. The summed E-state index contributed by atoms with van der Waals surface area (Å²) in [7, 11) is -2.09. The highest BCUT2D eigenvalue weighted by atomic mass is 28.4. The van der Waals surface area contributed by atoms with Crippen molar-refractivity contribution in [3.63, 3.8) is 0 Å². The van der Waals surface area contributed by atoms with Crippen LogP contribution in [0.2, 0.25) is 18.1 Å². The van der Waals surface area contributed by atoms with E-state index in [1.165, 1.54) is 6.08 Å². The number of likely N-dealkylation sites (tertiary alicyclic amines) is 1. The molecular formula is C30H46N2O6Si. The standard InChI is InChI=1S/C30H46N2O6Si/c1-10-16-36-28(34)26-23(20(3)18-22-14-12-13-15-31(22)29(35)37-17-11-2)19-24-25(27(33)32(24)26)21(4)38-39(8,9)30(5,6)7/h10-11,18,21-22,24-25H,1-2,12-17,19H2,3-9H3/t21-,22?,24-,25-/m1/s1. The lowest BCUT2D eigenvalue weighted by Gasteiger charge is -2.48. The molecule has 0 N–H and O–H groups in total. The average Bonchev–Trinajstić information content (AvgIpc) is 3.20. The van der Waals surface area contributed by atoms with Gasteiger partial charge in [-0.2, -0.15) is 0 Å². The van der Waals surface area contributed by atoms with E-state index >= 15 is 0 Å². The minimum Gasteiger partial charge on any atom is -0.457 e. The van der Waals surface area contributed by atoms with E-state index in [0.29, 0.717) is 18.7 Å². The zero-order chi connectivity index (χ0) is 29.1. The molecule has 9 heteroatoms. The molecule has 0 saturated carbocycles. The Morgan fingerprint density at radius 2 is 1.77 bits per heavy atom. The molecule has 0 spiro atoms. The van der Waals surface area contributed by atoms with Gasteiger partial charge in [0.05, 0.1) is 24.1 Å². The molecule has 2 fully saturated rings. The van der Waals surface area contributed by atoms with Gasteiger partial charge in [0.1, 0.15) is 18.9 Å². The van der Waals surface area contributed by atoms with Crippen molar-refractivity contribution in [3.05, 3.63) is 48.2 Å². The summed E-state index contributed by atoms with van der Waals surface area (Å²) < 4.78 is 17.3. The molecule has 0 aromatic rings. The summed E-state index contributed by atoms with van der Waals surface area (Å²) >= 11 is 0. The Balaban J connectivity index is 1.89. The van der Waals surface area contributed by atoms with Crippen LogP contribution in [-0.4, -0.2) is 74.0 Å². The van der Waals surface area contributed by atoms with Crippen molar-refractivity contribution < 1.29 is 28.3 Å². The molecule has 1 unspecified atom stereocenters. The molecule has 0 aliphatic carbocycles. The van der Waals surface area contributed by atoms with Gasteiger partial charge in [-0.05, 0) is 68.8 Å². The van der Waals surface area contributed by atoms with E-state index in [-0.39, 0.29) is 54.4 Å². The third-order valence-electron chi connectivity index (χ3n) is 8.55. The second kappa shape index (κ2) is 12.2. The number of nitrogens with zero attached hydrogens (tertiary/aromatic N) is 2. The van der Waals surface area contributed by atoms with Gasteiger partial charge in [-0.3, -0.25) is 4.79 Å². The molecule has 3 aliphatic rings. The number of ether oxygens (including phenoxy) is 2. The second-order valence-corrected chi connectivity index (χ2v) is 17.0. The first-order valence-corrected chi connectivity index (χ1v) is 16.9. The Morgan fingerprint density at radius 1 is 1.13 bits per heavy atom. The number of β-lactam (4-membered cyclic amide) rings is 1. The van der Waals surface area contributed by atoms with Gasteiger partial charge in [-0.1, -0.05) is 52.2 Å². The Morgan fingerprint density at radius 3 is 2.38 bits per heavy atom. The monoisotopic (exact) mass is 558 g/mol. The molecule has 3 rings (SSSR count). The van der Waals surface area contributed by atoms with Crippen molar-refractivity contribution in [2.75, 3.05) is 19.8 Å². The number of carbonyl (C=O) groups excluding carboxylic acids is 3. The Kier molecular flexibility index (Phi) is 9.70. The number of piperidine rings is 1. The van der Waals surface area contributed by atoms with Crippen LogP contribution in [0.25, 0.3) is 0 Å². The summed E-state index contributed by atoms with van der Waals surface area (Å²) in [5, 5.41) is 0.0184. The molecule has 0 radical (unpaired) electrons. The van der Waals surface area contributed by atoms with E-state index in [1.807, 2.05) is 19.9 Å². The molecular weight excluding hydrogens is 512 g/mol. The van der Waals surface area contributed by atoms with Crippen LogP contribution < -0.4 is 0 Å². The number of allylic oxidation sites excluding steroid dienone is 1. The highest BCUT2D eigenvalue weighted by molar-refractivity contribution is 6.74. The fourth-order valence-electron chi connectivity index (χ4n) is 5.47. The number of amides is 2. The summed E-state index contributed by atoms with van der Waals surface area (Å²) in [6.45, 7) is 22.9.